The zero-order chi connectivity index (χ0) is 26.8. The van der Waals surface area contributed by atoms with Crippen LogP contribution < -0.4 is 0 Å². The second-order valence-corrected chi connectivity index (χ2v) is 11.1. The molecule has 0 aliphatic carbocycles. The summed E-state index contributed by atoms with van der Waals surface area (Å²) < 4.78 is 4.56. The van der Waals surface area contributed by atoms with Crippen LogP contribution in [0.3, 0.4) is 0 Å². The molecule has 3 nitrogen and oxygen atoms in total. The molecule has 0 unspecified atom stereocenters. The van der Waals surface area contributed by atoms with Crippen LogP contribution in [-0.4, -0.2) is 28.1 Å². The molecule has 4 heteroatoms. The van der Waals surface area contributed by atoms with E-state index in [2.05, 4.69) is 142 Å². The molecule has 0 saturated heterocycles. The van der Waals surface area contributed by atoms with E-state index in [1.807, 2.05) is 0 Å². The fourth-order valence-electron chi connectivity index (χ4n) is 6.13. The Morgan fingerprint density at radius 2 is 1.15 bits per heavy atom. The molecule has 0 amide bonds. The molecule has 2 aliphatic rings. The molecule has 2 aliphatic heterocycles. The van der Waals surface area contributed by atoms with Gasteiger partial charge in [-0.25, -0.2) is 0 Å². The smallest absolute Gasteiger partial charge is 0.307 e. The molecule has 39 heavy (non-hydrogen) atoms. The van der Waals surface area contributed by atoms with E-state index in [4.69, 9.17) is 4.99 Å². The van der Waals surface area contributed by atoms with Crippen LogP contribution in [0.15, 0.2) is 96.0 Å². The van der Waals surface area contributed by atoms with Gasteiger partial charge in [0.2, 0.25) is 5.82 Å². The fraction of sp³-hybridized carbons (Fsp3) is 0.143. The van der Waals surface area contributed by atoms with E-state index in [1.54, 1.807) is 0 Å². The van der Waals surface area contributed by atoms with Gasteiger partial charge in [0.25, 0.3) is 0 Å². The number of fused-ring (bicyclic) bond motifs is 4. The topological polar surface area (TPSA) is 20.3 Å². The van der Waals surface area contributed by atoms with Gasteiger partial charge in [-0.15, -0.1) is 0 Å². The number of aryl methyl sites for hydroxylation is 5. The maximum absolute atomic E-state index is 5.42. The highest BCUT2D eigenvalue weighted by Gasteiger charge is 2.42. The summed E-state index contributed by atoms with van der Waals surface area (Å²) in [6.07, 6.45) is 0. The van der Waals surface area contributed by atoms with E-state index in [1.165, 1.54) is 55.8 Å². The third-order valence-electron chi connectivity index (χ3n) is 7.72. The lowest BCUT2D eigenvalue weighted by molar-refractivity contribution is -0.237. The summed E-state index contributed by atoms with van der Waals surface area (Å²) in [5.74, 6) is 1.95. The van der Waals surface area contributed by atoms with Crippen molar-refractivity contribution >= 4 is 24.9 Å². The van der Waals surface area contributed by atoms with Crippen molar-refractivity contribution in [3.63, 3.8) is 0 Å². The van der Waals surface area contributed by atoms with Crippen molar-refractivity contribution in [1.29, 1.82) is 0 Å². The van der Waals surface area contributed by atoms with Crippen LogP contribution in [0.4, 0.5) is 5.82 Å². The number of aromatic nitrogens is 1. The Morgan fingerprint density at radius 3 is 1.79 bits per heavy atom. The molecule has 0 bridgehead atoms. The molecule has 187 valence electrons. The summed E-state index contributed by atoms with van der Waals surface area (Å²) >= 11 is 0. The molecule has 0 N–H and O–H groups in total. The average Bonchev–Trinajstić information content (AvgIpc) is 3.43. The molecule has 0 saturated carbocycles. The van der Waals surface area contributed by atoms with Gasteiger partial charge in [0, 0.05) is 16.8 Å². The van der Waals surface area contributed by atoms with Gasteiger partial charge < -0.3 is 4.48 Å². The van der Waals surface area contributed by atoms with Crippen LogP contribution in [-0.2, 0) is 0 Å². The highest BCUT2D eigenvalue weighted by Crippen LogP contribution is 2.41. The number of aliphatic imine (C=N–C) groups is 1. The SMILES string of the molecule is Cc1ccc(C2=[N+]3[B]n4c(-c5cc(C)cc(C)c5)cc(-c5cc(C)cc(C)c5)c4N=C3c3ccccc32)cc1. The fourth-order valence-corrected chi connectivity index (χ4v) is 6.13. The van der Waals surface area contributed by atoms with Gasteiger partial charge in [-0.1, -0.05) is 88.5 Å². The van der Waals surface area contributed by atoms with Crippen LogP contribution in [0.5, 0.6) is 0 Å². The van der Waals surface area contributed by atoms with Crippen molar-refractivity contribution in [2.75, 3.05) is 0 Å². The Morgan fingerprint density at radius 1 is 0.564 bits per heavy atom. The lowest BCUT2D eigenvalue weighted by atomic mass is 9.98. The maximum Gasteiger partial charge on any atom is 0.555 e. The standard InChI is InChI=1S/C35H30BN3/c1-21-10-12-26(13-11-21)33-29-8-6-7-9-30(29)34-37-35-31(27-16-22(2)14-23(3)17-27)20-32(38(35)36-39(33)34)28-18-24(4)15-25(5)19-28/h6-20H,1-5H3/q+1. The van der Waals surface area contributed by atoms with Crippen molar-refractivity contribution in [3.8, 4) is 22.4 Å². The summed E-state index contributed by atoms with van der Waals surface area (Å²) in [5.41, 5.74) is 15.7. The Balaban J connectivity index is 1.53. The van der Waals surface area contributed by atoms with E-state index in [9.17, 15) is 0 Å². The van der Waals surface area contributed by atoms with Gasteiger partial charge in [0.05, 0.1) is 11.1 Å². The molecule has 1 aromatic heterocycles. The summed E-state index contributed by atoms with van der Waals surface area (Å²) in [6, 6.07) is 33.3. The number of amidine groups is 1. The molecule has 0 atom stereocenters. The van der Waals surface area contributed by atoms with Gasteiger partial charge in [-0.3, -0.25) is 4.49 Å². The molecular weight excluding hydrogens is 473 g/mol. The zero-order valence-electron chi connectivity index (χ0n) is 23.1. The molecule has 7 rings (SSSR count). The van der Waals surface area contributed by atoms with Crippen molar-refractivity contribution in [2.45, 2.75) is 34.6 Å². The molecular formula is C35H30BN3+. The summed E-state index contributed by atoms with van der Waals surface area (Å²) in [6.45, 7) is 10.8. The quantitative estimate of drug-likeness (QED) is 0.225. The Kier molecular flexibility index (Phi) is 5.35. The maximum atomic E-state index is 5.42. The molecule has 4 aromatic carbocycles. The van der Waals surface area contributed by atoms with Crippen molar-refractivity contribution in [2.24, 2.45) is 4.99 Å². The summed E-state index contributed by atoms with van der Waals surface area (Å²) in [4.78, 5) is 5.42. The predicted octanol–water partition coefficient (Wildman–Crippen LogP) is 7.70. The Bertz CT molecular complexity index is 1830. The van der Waals surface area contributed by atoms with Crippen LogP contribution in [0.2, 0.25) is 0 Å². The average molecular weight is 503 g/mol. The van der Waals surface area contributed by atoms with E-state index in [0.717, 1.165) is 28.5 Å². The largest absolute Gasteiger partial charge is 0.555 e. The van der Waals surface area contributed by atoms with Crippen molar-refractivity contribution in [3.05, 3.63) is 136 Å². The zero-order valence-corrected chi connectivity index (χ0v) is 23.1. The second kappa shape index (κ2) is 8.81. The minimum Gasteiger partial charge on any atom is -0.307 e. The molecule has 3 heterocycles. The Labute approximate surface area is 231 Å². The monoisotopic (exact) mass is 503 g/mol. The minimum absolute atomic E-state index is 0.973. The summed E-state index contributed by atoms with van der Waals surface area (Å²) in [7, 11) is 2.24. The number of rotatable bonds is 3. The highest BCUT2D eigenvalue weighted by molar-refractivity contribution is 6.39. The lowest BCUT2D eigenvalue weighted by Crippen LogP contribution is -2.34. The highest BCUT2D eigenvalue weighted by atomic mass is 15.2. The first-order valence-electron chi connectivity index (χ1n) is 13.5. The van der Waals surface area contributed by atoms with Gasteiger partial charge in [0.1, 0.15) is 5.71 Å². The molecule has 0 fully saturated rings. The molecule has 1 radical (unpaired) electrons. The second-order valence-electron chi connectivity index (χ2n) is 11.1. The van der Waals surface area contributed by atoms with Crippen LogP contribution >= 0.6 is 0 Å². The van der Waals surface area contributed by atoms with Gasteiger partial charge >= 0.3 is 13.4 Å². The van der Waals surface area contributed by atoms with Gasteiger partial charge in [-0.05, 0) is 81.1 Å². The lowest BCUT2D eigenvalue weighted by Gasteiger charge is -2.14. The van der Waals surface area contributed by atoms with Crippen LogP contribution in [0.25, 0.3) is 22.4 Å². The normalized spacial score (nSPS) is 13.5. The third kappa shape index (κ3) is 3.90. The van der Waals surface area contributed by atoms with E-state index >= 15 is 0 Å². The summed E-state index contributed by atoms with van der Waals surface area (Å²) in [5, 5.41) is 0. The first-order chi connectivity index (χ1) is 18.9. The van der Waals surface area contributed by atoms with E-state index < -0.39 is 0 Å². The Hall–Kier alpha value is -4.44. The molecule has 0 spiro atoms. The van der Waals surface area contributed by atoms with Gasteiger partial charge in [-0.2, -0.15) is 0 Å². The first-order valence-corrected chi connectivity index (χ1v) is 13.5. The van der Waals surface area contributed by atoms with Crippen LogP contribution in [0.1, 0.15) is 44.5 Å². The van der Waals surface area contributed by atoms with E-state index in [0.29, 0.717) is 0 Å². The number of hydrogen-bond donors (Lipinski definition) is 0. The number of benzene rings is 4. The minimum atomic E-state index is 0.973. The first kappa shape index (κ1) is 23.7. The number of hydrogen-bond acceptors (Lipinski definition) is 1. The number of nitrogens with zero attached hydrogens (tertiary/aromatic N) is 3. The van der Waals surface area contributed by atoms with Crippen molar-refractivity contribution < 1.29 is 4.49 Å². The van der Waals surface area contributed by atoms with Gasteiger partial charge in [0.15, 0.2) is 0 Å². The third-order valence-corrected chi connectivity index (χ3v) is 7.72. The van der Waals surface area contributed by atoms with E-state index in [-0.39, 0.29) is 0 Å². The van der Waals surface area contributed by atoms with Crippen LogP contribution in [0, 0.1) is 34.6 Å². The van der Waals surface area contributed by atoms with Crippen molar-refractivity contribution in [1.82, 2.24) is 4.48 Å². The molecule has 5 aromatic rings. The predicted molar refractivity (Wildman–Crippen MR) is 163 cm³/mol.